The Balaban J connectivity index is 1.77. The minimum Gasteiger partial charge on any atom is -0.314 e. The smallest absolute Gasteiger partial charge is 0.0321 e. The third-order valence-electron chi connectivity index (χ3n) is 3.81. The number of nitrogens with one attached hydrogen (secondary N) is 1. The summed E-state index contributed by atoms with van der Waals surface area (Å²) in [5, 5.41) is 6.10. The molecule has 0 saturated carbocycles. The van der Waals surface area contributed by atoms with Gasteiger partial charge in [0.1, 0.15) is 0 Å². The van der Waals surface area contributed by atoms with Crippen molar-refractivity contribution in [2.75, 3.05) is 6.54 Å². The van der Waals surface area contributed by atoms with Gasteiger partial charge in [0, 0.05) is 11.4 Å². The van der Waals surface area contributed by atoms with Crippen molar-refractivity contribution in [3.63, 3.8) is 0 Å². The van der Waals surface area contributed by atoms with Gasteiger partial charge in [-0.15, -0.1) is 0 Å². The highest BCUT2D eigenvalue weighted by Crippen LogP contribution is 2.17. The van der Waals surface area contributed by atoms with E-state index in [1.165, 1.54) is 43.2 Å². The van der Waals surface area contributed by atoms with Gasteiger partial charge in [0.2, 0.25) is 0 Å². The summed E-state index contributed by atoms with van der Waals surface area (Å²) in [6.07, 6.45) is 6.54. The van der Waals surface area contributed by atoms with Gasteiger partial charge in [-0.05, 0) is 55.0 Å². The first kappa shape index (κ1) is 11.6. The monoisotopic (exact) mass is 237 g/mol. The summed E-state index contributed by atoms with van der Waals surface area (Å²) in [5.41, 5.74) is 1.43. The van der Waals surface area contributed by atoms with Crippen LogP contribution in [0.1, 0.15) is 31.2 Å². The predicted octanol–water partition coefficient (Wildman–Crippen LogP) is 3.51. The topological polar surface area (TPSA) is 12.0 Å². The molecule has 1 aliphatic heterocycles. The number of hydrogen-bond donors (Lipinski definition) is 1. The quantitative estimate of drug-likeness (QED) is 0.842. The predicted molar refractivity (Wildman–Crippen MR) is 75.6 cm³/mol. The van der Waals surface area contributed by atoms with Crippen LogP contribution in [0.15, 0.2) is 30.3 Å². The van der Waals surface area contributed by atoms with Crippen LogP contribution in [0.25, 0.3) is 10.8 Å². The molecule has 0 radical (unpaired) electrons. The summed E-state index contributed by atoms with van der Waals surface area (Å²) < 4.78 is 0. The van der Waals surface area contributed by atoms with Crippen LogP contribution in [0.2, 0.25) is 0 Å². The van der Waals surface area contributed by atoms with Crippen LogP contribution in [0.4, 0.5) is 0 Å². The molecule has 1 saturated heterocycles. The molecule has 1 nitrogen and oxygen atoms in total. The Kier molecular flexibility index (Phi) is 3.48. The Hall–Kier alpha value is -1.52. The zero-order valence-electron chi connectivity index (χ0n) is 10.7. The van der Waals surface area contributed by atoms with Crippen LogP contribution >= 0.6 is 0 Å². The second kappa shape index (κ2) is 5.42. The van der Waals surface area contributed by atoms with E-state index in [1.54, 1.807) is 0 Å². The molecule has 3 rings (SSSR count). The van der Waals surface area contributed by atoms with Crippen molar-refractivity contribution in [2.45, 2.75) is 38.1 Å². The molecular weight excluding hydrogens is 218 g/mol. The van der Waals surface area contributed by atoms with Gasteiger partial charge in [-0.3, -0.25) is 0 Å². The molecule has 92 valence electrons. The van der Waals surface area contributed by atoms with Crippen molar-refractivity contribution in [2.24, 2.45) is 0 Å². The second-order valence-electron chi connectivity index (χ2n) is 5.23. The van der Waals surface area contributed by atoms with Crippen molar-refractivity contribution in [1.82, 2.24) is 5.32 Å². The third-order valence-corrected chi connectivity index (χ3v) is 3.81. The second-order valence-corrected chi connectivity index (χ2v) is 5.23. The van der Waals surface area contributed by atoms with Gasteiger partial charge in [0.25, 0.3) is 0 Å². The fourth-order valence-electron chi connectivity index (χ4n) is 2.80. The lowest BCUT2D eigenvalue weighted by Crippen LogP contribution is -2.30. The molecule has 0 bridgehead atoms. The van der Waals surface area contributed by atoms with Gasteiger partial charge in [0.05, 0.1) is 0 Å². The number of rotatable bonds is 2. The first-order valence-corrected chi connectivity index (χ1v) is 6.96. The molecule has 2 aromatic carbocycles. The van der Waals surface area contributed by atoms with E-state index >= 15 is 0 Å². The van der Waals surface area contributed by atoms with Gasteiger partial charge >= 0.3 is 0 Å². The zero-order valence-corrected chi connectivity index (χ0v) is 10.7. The van der Waals surface area contributed by atoms with E-state index < -0.39 is 0 Å². The normalized spacial score (nSPS) is 20.3. The SMILES string of the molecule is c1ccc2cc(C[C@H]3CCCCCN3)ccc2c#1. The molecule has 1 heterocycles. The minimum atomic E-state index is 0.657. The summed E-state index contributed by atoms with van der Waals surface area (Å²) in [6.45, 7) is 1.18. The largest absolute Gasteiger partial charge is 0.314 e. The maximum absolute atomic E-state index is 3.66. The lowest BCUT2D eigenvalue weighted by molar-refractivity contribution is 0.508. The maximum Gasteiger partial charge on any atom is 0.0321 e. The van der Waals surface area contributed by atoms with Gasteiger partial charge in [-0.2, -0.15) is 0 Å². The highest BCUT2D eigenvalue weighted by molar-refractivity contribution is 5.81. The van der Waals surface area contributed by atoms with Crippen molar-refractivity contribution in [3.05, 3.63) is 48.0 Å². The summed E-state index contributed by atoms with van der Waals surface area (Å²) in [7, 11) is 0. The molecule has 2 aromatic rings. The molecule has 1 N–H and O–H groups in total. The third kappa shape index (κ3) is 2.66. The van der Waals surface area contributed by atoms with Gasteiger partial charge < -0.3 is 5.32 Å². The summed E-state index contributed by atoms with van der Waals surface area (Å²) >= 11 is 0. The molecule has 1 atom stereocenters. The molecule has 0 spiro atoms. The molecule has 0 amide bonds. The Bertz CT molecular complexity index is 510. The van der Waals surface area contributed by atoms with Crippen LogP contribution in [0.5, 0.6) is 0 Å². The van der Waals surface area contributed by atoms with Crippen LogP contribution < -0.4 is 5.32 Å². The molecular formula is C17H19N. The number of hydrogen-bond acceptors (Lipinski definition) is 1. The molecule has 0 aromatic heterocycles. The number of benzene rings is 1. The Labute approximate surface area is 109 Å². The molecule has 1 aliphatic rings. The van der Waals surface area contributed by atoms with Gasteiger partial charge in [0.15, 0.2) is 0 Å². The average molecular weight is 237 g/mol. The van der Waals surface area contributed by atoms with Crippen molar-refractivity contribution >= 4 is 10.8 Å². The summed E-state index contributed by atoms with van der Waals surface area (Å²) in [4.78, 5) is 0. The molecule has 1 heteroatoms. The van der Waals surface area contributed by atoms with Gasteiger partial charge in [-0.1, -0.05) is 37.1 Å². The standard InChI is InChI=1S/C17H19N/c1-2-8-17(18-11-5-1)13-14-9-10-15-6-3-4-7-16(15)12-14/h4,7,9-10,12,17-18H,1-2,5,8,11,13H2/t17-/m1/s1. The van der Waals surface area contributed by atoms with E-state index in [1.807, 2.05) is 6.07 Å². The van der Waals surface area contributed by atoms with Crippen LogP contribution in [0, 0.1) is 12.1 Å². The summed E-state index contributed by atoms with van der Waals surface area (Å²) in [6, 6.07) is 17.6. The van der Waals surface area contributed by atoms with Crippen LogP contribution in [-0.4, -0.2) is 12.6 Å². The Morgan fingerprint density at radius 1 is 1.17 bits per heavy atom. The highest BCUT2D eigenvalue weighted by Gasteiger charge is 2.11. The lowest BCUT2D eigenvalue weighted by atomic mass is 10.00. The van der Waals surface area contributed by atoms with E-state index in [0.29, 0.717) is 6.04 Å². The Morgan fingerprint density at radius 3 is 3.17 bits per heavy atom. The first-order valence-electron chi connectivity index (χ1n) is 6.96. The van der Waals surface area contributed by atoms with Crippen LogP contribution in [0.3, 0.4) is 0 Å². The first-order chi connectivity index (χ1) is 8.92. The highest BCUT2D eigenvalue weighted by atomic mass is 14.9. The Morgan fingerprint density at radius 2 is 2.17 bits per heavy atom. The lowest BCUT2D eigenvalue weighted by Gasteiger charge is -2.15. The van der Waals surface area contributed by atoms with Gasteiger partial charge in [-0.25, -0.2) is 0 Å². The minimum absolute atomic E-state index is 0.657. The molecule has 18 heavy (non-hydrogen) atoms. The van der Waals surface area contributed by atoms with E-state index in [2.05, 4.69) is 41.7 Å². The molecule has 1 fully saturated rings. The van der Waals surface area contributed by atoms with E-state index in [-0.39, 0.29) is 0 Å². The fraction of sp³-hybridized carbons (Fsp3) is 0.412. The fourth-order valence-corrected chi connectivity index (χ4v) is 2.80. The molecule has 0 unspecified atom stereocenters. The molecule has 0 aliphatic carbocycles. The van der Waals surface area contributed by atoms with Crippen molar-refractivity contribution in [3.8, 4) is 0 Å². The van der Waals surface area contributed by atoms with E-state index in [9.17, 15) is 0 Å². The zero-order chi connectivity index (χ0) is 12.2. The van der Waals surface area contributed by atoms with E-state index in [0.717, 1.165) is 11.8 Å². The maximum atomic E-state index is 3.66. The summed E-state index contributed by atoms with van der Waals surface area (Å²) in [5.74, 6) is 0. The number of fused-ring (bicyclic) bond motifs is 1. The van der Waals surface area contributed by atoms with E-state index in [4.69, 9.17) is 0 Å². The average Bonchev–Trinajstić information content (AvgIpc) is 2.67. The van der Waals surface area contributed by atoms with Crippen LogP contribution in [-0.2, 0) is 6.42 Å². The van der Waals surface area contributed by atoms with Crippen molar-refractivity contribution in [1.29, 1.82) is 0 Å². The van der Waals surface area contributed by atoms with Crippen molar-refractivity contribution < 1.29 is 0 Å².